The Kier molecular flexibility index (Phi) is 3.93. The fourth-order valence-corrected chi connectivity index (χ4v) is 1.14. The number of terminal acetylenes is 1. The molecule has 0 amide bonds. The van der Waals surface area contributed by atoms with Gasteiger partial charge in [0.05, 0.1) is 11.7 Å². The molecule has 3 heteroatoms. The summed E-state index contributed by atoms with van der Waals surface area (Å²) >= 11 is 0. The van der Waals surface area contributed by atoms with Crippen molar-refractivity contribution in [1.82, 2.24) is 10.2 Å². The molecule has 0 saturated heterocycles. The molecule has 1 atom stereocenters. The molecule has 74 valence electrons. The lowest BCUT2D eigenvalue weighted by Gasteiger charge is -2.11. The largest absolute Gasteiger partial charge is 0.355 e. The second-order valence-corrected chi connectivity index (χ2v) is 3.21. The average Bonchev–Trinajstić information content (AvgIpc) is 2.20. The van der Waals surface area contributed by atoms with Crippen LogP contribution in [0.1, 0.15) is 25.5 Å². The van der Waals surface area contributed by atoms with Crippen LogP contribution in [0.4, 0.5) is 5.82 Å². The van der Waals surface area contributed by atoms with Gasteiger partial charge in [-0.2, -0.15) is 5.10 Å². The Morgan fingerprint density at radius 3 is 2.79 bits per heavy atom. The minimum atomic E-state index is 0.0528. The van der Waals surface area contributed by atoms with Gasteiger partial charge in [0.25, 0.3) is 0 Å². The highest BCUT2D eigenvalue weighted by Gasteiger charge is 2.03. The molecule has 1 aromatic heterocycles. The Morgan fingerprint density at radius 1 is 1.50 bits per heavy atom. The number of nitrogens with one attached hydrogen (secondary N) is 1. The number of hydrogen-bond donors (Lipinski definition) is 1. The Hall–Kier alpha value is -1.56. The summed E-state index contributed by atoms with van der Waals surface area (Å²) < 4.78 is 0. The van der Waals surface area contributed by atoms with Crippen LogP contribution >= 0.6 is 0 Å². The smallest absolute Gasteiger partial charge is 0.149 e. The summed E-state index contributed by atoms with van der Waals surface area (Å²) in [6, 6.07) is 3.86. The Labute approximate surface area is 84.9 Å². The molecule has 0 radical (unpaired) electrons. The van der Waals surface area contributed by atoms with E-state index in [4.69, 9.17) is 6.42 Å². The van der Waals surface area contributed by atoms with Gasteiger partial charge in [0.15, 0.2) is 0 Å². The molecule has 3 nitrogen and oxygen atoms in total. The predicted octanol–water partition coefficient (Wildman–Crippen LogP) is 2.00. The van der Waals surface area contributed by atoms with Gasteiger partial charge in [-0.3, -0.25) is 0 Å². The zero-order chi connectivity index (χ0) is 10.4. The van der Waals surface area contributed by atoms with Gasteiger partial charge in [-0.25, -0.2) is 0 Å². The standard InChI is InChI=1S/C11H15N3/c1-4-6-10(5-2)12-11-8-7-9(3)13-14-11/h2,7-8,10H,4,6H2,1,3H3,(H,12,14). The quantitative estimate of drug-likeness (QED) is 0.736. The molecule has 0 aliphatic rings. The third-order valence-electron chi connectivity index (χ3n) is 1.90. The minimum Gasteiger partial charge on any atom is -0.355 e. The van der Waals surface area contributed by atoms with Crippen LogP contribution in [0.25, 0.3) is 0 Å². The first-order valence-corrected chi connectivity index (χ1v) is 4.79. The van der Waals surface area contributed by atoms with Crippen LogP contribution in [0.2, 0.25) is 0 Å². The van der Waals surface area contributed by atoms with E-state index in [1.165, 1.54) is 0 Å². The zero-order valence-electron chi connectivity index (χ0n) is 8.62. The molecule has 0 aliphatic carbocycles. The monoisotopic (exact) mass is 189 g/mol. The first-order valence-electron chi connectivity index (χ1n) is 4.79. The Bertz CT molecular complexity index is 310. The van der Waals surface area contributed by atoms with E-state index >= 15 is 0 Å². The molecular formula is C11H15N3. The lowest BCUT2D eigenvalue weighted by Crippen LogP contribution is -2.17. The van der Waals surface area contributed by atoms with Gasteiger partial charge in [-0.15, -0.1) is 11.5 Å². The molecule has 1 unspecified atom stereocenters. The molecule has 0 spiro atoms. The predicted molar refractivity (Wildman–Crippen MR) is 57.9 cm³/mol. The highest BCUT2D eigenvalue weighted by Crippen LogP contribution is 2.06. The van der Waals surface area contributed by atoms with Gasteiger partial charge >= 0.3 is 0 Å². The number of hydrogen-bond acceptors (Lipinski definition) is 3. The highest BCUT2D eigenvalue weighted by atomic mass is 15.2. The summed E-state index contributed by atoms with van der Waals surface area (Å²) in [5.74, 6) is 3.43. The molecular weight excluding hydrogens is 174 g/mol. The van der Waals surface area contributed by atoms with Gasteiger partial charge in [0.2, 0.25) is 0 Å². The van der Waals surface area contributed by atoms with Gasteiger partial charge in [0, 0.05) is 0 Å². The van der Waals surface area contributed by atoms with Crippen LogP contribution in [-0.2, 0) is 0 Å². The van der Waals surface area contributed by atoms with Crippen molar-refractivity contribution < 1.29 is 0 Å². The van der Waals surface area contributed by atoms with E-state index < -0.39 is 0 Å². The number of anilines is 1. The zero-order valence-corrected chi connectivity index (χ0v) is 8.62. The maximum absolute atomic E-state index is 5.38. The summed E-state index contributed by atoms with van der Waals surface area (Å²) in [7, 11) is 0. The van der Waals surface area contributed by atoms with E-state index in [1.54, 1.807) is 0 Å². The van der Waals surface area contributed by atoms with E-state index in [9.17, 15) is 0 Å². The fourth-order valence-electron chi connectivity index (χ4n) is 1.14. The number of rotatable bonds is 4. The lowest BCUT2D eigenvalue weighted by molar-refractivity contribution is 0.749. The van der Waals surface area contributed by atoms with E-state index in [-0.39, 0.29) is 6.04 Å². The van der Waals surface area contributed by atoms with Crippen molar-refractivity contribution in [1.29, 1.82) is 0 Å². The Balaban J connectivity index is 2.59. The third-order valence-corrected chi connectivity index (χ3v) is 1.90. The van der Waals surface area contributed by atoms with Gasteiger partial charge in [-0.1, -0.05) is 19.3 Å². The number of nitrogens with zero attached hydrogens (tertiary/aromatic N) is 2. The van der Waals surface area contributed by atoms with E-state index in [1.807, 2.05) is 19.1 Å². The van der Waals surface area contributed by atoms with Crippen molar-refractivity contribution >= 4 is 5.82 Å². The summed E-state index contributed by atoms with van der Waals surface area (Å²) in [6.45, 7) is 4.01. The van der Waals surface area contributed by atoms with Crippen LogP contribution in [0, 0.1) is 19.3 Å². The molecule has 14 heavy (non-hydrogen) atoms. The van der Waals surface area contributed by atoms with E-state index in [0.29, 0.717) is 0 Å². The normalized spacial score (nSPS) is 11.8. The molecule has 0 bridgehead atoms. The Morgan fingerprint density at radius 2 is 2.29 bits per heavy atom. The lowest BCUT2D eigenvalue weighted by atomic mass is 10.2. The van der Waals surface area contributed by atoms with Crippen LogP contribution in [0.5, 0.6) is 0 Å². The summed E-state index contributed by atoms with van der Waals surface area (Å²) in [5, 5.41) is 11.1. The van der Waals surface area contributed by atoms with Gasteiger partial charge in [0.1, 0.15) is 5.82 Å². The van der Waals surface area contributed by atoms with E-state index in [0.717, 1.165) is 24.4 Å². The molecule has 1 N–H and O–H groups in total. The first kappa shape index (κ1) is 10.5. The fraction of sp³-hybridized carbons (Fsp3) is 0.455. The van der Waals surface area contributed by atoms with Crippen molar-refractivity contribution in [2.24, 2.45) is 0 Å². The van der Waals surface area contributed by atoms with Gasteiger partial charge < -0.3 is 5.32 Å². The maximum atomic E-state index is 5.38. The van der Waals surface area contributed by atoms with Crippen LogP contribution in [0.15, 0.2) is 12.1 Å². The average molecular weight is 189 g/mol. The summed E-state index contributed by atoms with van der Waals surface area (Å²) in [4.78, 5) is 0. The SMILES string of the molecule is C#CC(CCC)Nc1ccc(C)nn1. The topological polar surface area (TPSA) is 37.8 Å². The van der Waals surface area contributed by atoms with Crippen molar-refractivity contribution in [2.45, 2.75) is 32.7 Å². The molecule has 0 fully saturated rings. The first-order chi connectivity index (χ1) is 6.76. The number of aromatic nitrogens is 2. The minimum absolute atomic E-state index is 0.0528. The maximum Gasteiger partial charge on any atom is 0.149 e. The number of aryl methyl sites for hydroxylation is 1. The molecule has 0 aliphatic heterocycles. The summed E-state index contributed by atoms with van der Waals surface area (Å²) in [6.07, 6.45) is 7.38. The van der Waals surface area contributed by atoms with Crippen molar-refractivity contribution in [3.8, 4) is 12.3 Å². The van der Waals surface area contributed by atoms with E-state index in [2.05, 4.69) is 28.4 Å². The molecule has 1 rings (SSSR count). The van der Waals surface area contributed by atoms with Crippen molar-refractivity contribution in [3.05, 3.63) is 17.8 Å². The van der Waals surface area contributed by atoms with Crippen molar-refractivity contribution in [2.75, 3.05) is 5.32 Å². The second-order valence-electron chi connectivity index (χ2n) is 3.21. The van der Waals surface area contributed by atoms with Crippen LogP contribution in [-0.4, -0.2) is 16.2 Å². The summed E-state index contributed by atoms with van der Waals surface area (Å²) in [5.41, 5.74) is 0.906. The highest BCUT2D eigenvalue weighted by molar-refractivity contribution is 5.36. The molecule has 0 aromatic carbocycles. The molecule has 1 aromatic rings. The van der Waals surface area contributed by atoms with Crippen LogP contribution in [0.3, 0.4) is 0 Å². The molecule has 0 saturated carbocycles. The van der Waals surface area contributed by atoms with Gasteiger partial charge in [-0.05, 0) is 25.5 Å². The van der Waals surface area contributed by atoms with Crippen LogP contribution < -0.4 is 5.32 Å². The van der Waals surface area contributed by atoms with Crippen molar-refractivity contribution in [3.63, 3.8) is 0 Å². The molecule has 1 heterocycles. The third kappa shape index (κ3) is 3.06. The second kappa shape index (κ2) is 5.23.